The Labute approximate surface area is 70.1 Å². The fraction of sp³-hybridized carbons (Fsp3) is 0.333. The van der Waals surface area contributed by atoms with Crippen molar-refractivity contribution in [2.45, 2.75) is 19.0 Å². The minimum Gasteiger partial charge on any atom is -0.167 e. The zero-order valence-electron chi connectivity index (χ0n) is 6.64. The maximum absolute atomic E-state index is 11.5. The van der Waals surface area contributed by atoms with E-state index >= 15 is 0 Å². The van der Waals surface area contributed by atoms with Crippen molar-refractivity contribution < 1.29 is 13.2 Å². The zero-order valence-corrected chi connectivity index (χ0v) is 6.64. The predicted octanol–water partition coefficient (Wildman–Crippen LogP) is 3.63. The van der Waals surface area contributed by atoms with Crippen LogP contribution in [-0.4, -0.2) is 6.18 Å². The summed E-state index contributed by atoms with van der Waals surface area (Å²) in [4.78, 5) is 0. The summed E-state index contributed by atoms with van der Waals surface area (Å²) in [6.07, 6.45) is 3.28. The number of alkyl halides is 3. The number of halogens is 3. The van der Waals surface area contributed by atoms with Gasteiger partial charge in [0, 0.05) is 6.08 Å². The van der Waals surface area contributed by atoms with E-state index in [1.54, 1.807) is 12.2 Å². The molecule has 68 valence electrons. The third-order valence-electron chi connectivity index (χ3n) is 1.07. The molecule has 0 spiro atoms. The van der Waals surface area contributed by atoms with Crippen LogP contribution < -0.4 is 0 Å². The van der Waals surface area contributed by atoms with Gasteiger partial charge in [0.2, 0.25) is 0 Å². The van der Waals surface area contributed by atoms with Gasteiger partial charge in [0.15, 0.2) is 0 Å². The van der Waals surface area contributed by atoms with Crippen LogP contribution in [-0.2, 0) is 0 Å². The second kappa shape index (κ2) is 5.63. The highest BCUT2D eigenvalue weighted by atomic mass is 19.4. The molecule has 0 atom stereocenters. The Hall–Kier alpha value is -0.990. The van der Waals surface area contributed by atoms with Crippen molar-refractivity contribution in [2.24, 2.45) is 0 Å². The molecule has 0 radical (unpaired) electrons. The van der Waals surface area contributed by atoms with Gasteiger partial charge in [-0.25, -0.2) is 0 Å². The second-order valence-corrected chi connectivity index (χ2v) is 2.19. The van der Waals surface area contributed by atoms with Gasteiger partial charge in [0.1, 0.15) is 0 Å². The van der Waals surface area contributed by atoms with Crippen LogP contribution in [0, 0.1) is 0 Å². The molecule has 0 aliphatic heterocycles. The van der Waals surface area contributed by atoms with E-state index in [4.69, 9.17) is 0 Å². The van der Waals surface area contributed by atoms with Gasteiger partial charge in [0.05, 0.1) is 0 Å². The number of hydrogen-bond donors (Lipinski definition) is 0. The van der Waals surface area contributed by atoms with Crippen molar-refractivity contribution in [3.05, 3.63) is 37.0 Å². The standard InChI is InChI=1S/C9H11F3/c1-2-3-4-5-6-7-8-9(10,11)12/h2,5-8H,1,3-4H2/b6-5+,8-7+. The molecule has 0 unspecified atom stereocenters. The fourth-order valence-electron chi connectivity index (χ4n) is 0.554. The largest absolute Gasteiger partial charge is 0.409 e. The average Bonchev–Trinajstić information content (AvgIpc) is 1.94. The second-order valence-electron chi connectivity index (χ2n) is 2.19. The Balaban J connectivity index is 3.59. The minimum atomic E-state index is -4.21. The smallest absolute Gasteiger partial charge is 0.167 e. The molecule has 0 fully saturated rings. The summed E-state index contributed by atoms with van der Waals surface area (Å²) in [5.74, 6) is 0. The van der Waals surface area contributed by atoms with Gasteiger partial charge >= 0.3 is 6.18 Å². The van der Waals surface area contributed by atoms with Crippen molar-refractivity contribution in [3.63, 3.8) is 0 Å². The highest BCUT2D eigenvalue weighted by Gasteiger charge is 2.20. The van der Waals surface area contributed by atoms with E-state index in [1.807, 2.05) is 0 Å². The van der Waals surface area contributed by atoms with Crippen molar-refractivity contribution in [3.8, 4) is 0 Å². The van der Waals surface area contributed by atoms with Crippen LogP contribution >= 0.6 is 0 Å². The van der Waals surface area contributed by atoms with E-state index in [0.717, 1.165) is 18.9 Å². The van der Waals surface area contributed by atoms with Crippen molar-refractivity contribution in [1.82, 2.24) is 0 Å². The summed E-state index contributed by atoms with van der Waals surface area (Å²) in [5, 5.41) is 0. The molecule has 0 amide bonds. The molecule has 0 bridgehead atoms. The summed E-state index contributed by atoms with van der Waals surface area (Å²) in [6.45, 7) is 3.49. The zero-order chi connectivity index (χ0) is 9.45. The lowest BCUT2D eigenvalue weighted by Gasteiger charge is -1.94. The Bertz CT molecular complexity index is 175. The van der Waals surface area contributed by atoms with Crippen molar-refractivity contribution >= 4 is 0 Å². The molecule has 0 aromatic carbocycles. The topological polar surface area (TPSA) is 0 Å². The Morgan fingerprint density at radius 1 is 1.08 bits per heavy atom. The van der Waals surface area contributed by atoms with E-state index in [9.17, 15) is 13.2 Å². The quantitative estimate of drug-likeness (QED) is 0.348. The molecule has 0 saturated carbocycles. The monoisotopic (exact) mass is 176 g/mol. The number of rotatable bonds is 4. The molecular formula is C9H11F3. The first-order valence-electron chi connectivity index (χ1n) is 3.58. The molecule has 0 aliphatic rings. The first kappa shape index (κ1) is 11.0. The summed E-state index contributed by atoms with van der Waals surface area (Å²) in [5.41, 5.74) is 0. The summed E-state index contributed by atoms with van der Waals surface area (Å²) in [7, 11) is 0. The van der Waals surface area contributed by atoms with Crippen LogP contribution in [0.2, 0.25) is 0 Å². The molecule has 0 rings (SSSR count). The minimum absolute atomic E-state index is 0.206. The third kappa shape index (κ3) is 9.01. The Morgan fingerprint density at radius 2 is 1.75 bits per heavy atom. The van der Waals surface area contributed by atoms with Gasteiger partial charge < -0.3 is 0 Å². The fourth-order valence-corrected chi connectivity index (χ4v) is 0.554. The van der Waals surface area contributed by atoms with Gasteiger partial charge in [-0.3, -0.25) is 0 Å². The molecule has 3 heteroatoms. The van der Waals surface area contributed by atoms with Gasteiger partial charge in [-0.15, -0.1) is 6.58 Å². The Kier molecular flexibility index (Phi) is 5.17. The molecule has 12 heavy (non-hydrogen) atoms. The first-order valence-corrected chi connectivity index (χ1v) is 3.58. The molecule has 0 nitrogen and oxygen atoms in total. The first-order chi connectivity index (χ1) is 5.56. The van der Waals surface area contributed by atoms with Crippen LogP contribution in [0.4, 0.5) is 13.2 Å². The summed E-state index contributed by atoms with van der Waals surface area (Å²) >= 11 is 0. The van der Waals surface area contributed by atoms with Gasteiger partial charge in [-0.05, 0) is 12.8 Å². The third-order valence-corrected chi connectivity index (χ3v) is 1.07. The molecule has 0 aromatic heterocycles. The maximum Gasteiger partial charge on any atom is 0.409 e. The average molecular weight is 176 g/mol. The highest BCUT2D eigenvalue weighted by Crippen LogP contribution is 2.15. The van der Waals surface area contributed by atoms with E-state index in [2.05, 4.69) is 6.58 Å². The van der Waals surface area contributed by atoms with Crippen LogP contribution in [0.1, 0.15) is 12.8 Å². The number of allylic oxidation sites excluding steroid dienone is 5. The Morgan fingerprint density at radius 3 is 2.25 bits per heavy atom. The molecule has 0 N–H and O–H groups in total. The maximum atomic E-state index is 11.5. The van der Waals surface area contributed by atoms with Gasteiger partial charge in [0.25, 0.3) is 0 Å². The molecule has 0 saturated heterocycles. The highest BCUT2D eigenvalue weighted by molar-refractivity contribution is 5.05. The molecule has 0 heterocycles. The normalized spacial score (nSPS) is 12.9. The van der Waals surface area contributed by atoms with E-state index in [1.165, 1.54) is 6.08 Å². The van der Waals surface area contributed by atoms with Crippen molar-refractivity contribution in [1.29, 1.82) is 0 Å². The molecule has 0 aromatic rings. The lowest BCUT2D eigenvalue weighted by molar-refractivity contribution is -0.0798. The van der Waals surface area contributed by atoms with E-state index in [-0.39, 0.29) is 6.08 Å². The lowest BCUT2D eigenvalue weighted by Crippen LogP contribution is -1.99. The van der Waals surface area contributed by atoms with Crippen LogP contribution in [0.25, 0.3) is 0 Å². The summed E-state index contributed by atoms with van der Waals surface area (Å²) in [6, 6.07) is 0. The van der Waals surface area contributed by atoms with Crippen LogP contribution in [0.5, 0.6) is 0 Å². The van der Waals surface area contributed by atoms with Gasteiger partial charge in [-0.2, -0.15) is 13.2 Å². The lowest BCUT2D eigenvalue weighted by atomic mass is 10.3. The van der Waals surface area contributed by atoms with E-state index < -0.39 is 6.18 Å². The summed E-state index contributed by atoms with van der Waals surface area (Å²) < 4.78 is 34.5. The van der Waals surface area contributed by atoms with E-state index in [0.29, 0.717) is 0 Å². The number of hydrogen-bond acceptors (Lipinski definition) is 0. The van der Waals surface area contributed by atoms with Crippen LogP contribution in [0.15, 0.2) is 37.0 Å². The van der Waals surface area contributed by atoms with Crippen LogP contribution in [0.3, 0.4) is 0 Å². The number of unbranched alkanes of at least 4 members (excludes halogenated alkanes) is 1. The predicted molar refractivity (Wildman–Crippen MR) is 43.8 cm³/mol. The molecular weight excluding hydrogens is 165 g/mol. The molecule has 0 aliphatic carbocycles. The SMILES string of the molecule is C=CCC/C=C/C=C/C(F)(F)F. The van der Waals surface area contributed by atoms with Gasteiger partial charge in [-0.1, -0.05) is 24.3 Å². The van der Waals surface area contributed by atoms with Crippen molar-refractivity contribution in [2.75, 3.05) is 0 Å².